The monoisotopic (exact) mass is 237 g/mol. The maximum absolute atomic E-state index is 6.03. The van der Waals surface area contributed by atoms with Crippen molar-refractivity contribution in [3.8, 4) is 0 Å². The summed E-state index contributed by atoms with van der Waals surface area (Å²) >= 11 is 0. The minimum absolute atomic E-state index is 0.121. The topological polar surface area (TPSA) is 64.9 Å². The van der Waals surface area contributed by atoms with Crippen LogP contribution >= 0.6 is 0 Å². The fourth-order valence-electron chi connectivity index (χ4n) is 2.31. The summed E-state index contributed by atoms with van der Waals surface area (Å²) in [7, 11) is 0. The first-order chi connectivity index (χ1) is 7.88. The number of hydrogen-bond acceptors (Lipinski definition) is 4. The lowest BCUT2D eigenvalue weighted by Crippen LogP contribution is -2.24. The van der Waals surface area contributed by atoms with E-state index in [9.17, 15) is 0 Å². The van der Waals surface area contributed by atoms with E-state index >= 15 is 0 Å². The minimum atomic E-state index is 0.121. The van der Waals surface area contributed by atoms with Crippen LogP contribution in [0.15, 0.2) is 4.52 Å². The van der Waals surface area contributed by atoms with Crippen LogP contribution in [0, 0.1) is 11.3 Å². The van der Waals surface area contributed by atoms with Gasteiger partial charge in [-0.25, -0.2) is 0 Å². The fraction of sp³-hybridized carbons (Fsp3) is 0.846. The predicted octanol–water partition coefficient (Wildman–Crippen LogP) is 2.50. The highest BCUT2D eigenvalue weighted by Crippen LogP contribution is 2.57. The third kappa shape index (κ3) is 3.06. The summed E-state index contributed by atoms with van der Waals surface area (Å²) in [6, 6.07) is 0.121. The Morgan fingerprint density at radius 1 is 1.47 bits per heavy atom. The molecular weight excluding hydrogens is 214 g/mol. The summed E-state index contributed by atoms with van der Waals surface area (Å²) in [6.07, 6.45) is 2.84. The minimum Gasteiger partial charge on any atom is -0.339 e. The maximum Gasteiger partial charge on any atom is 0.228 e. The summed E-state index contributed by atoms with van der Waals surface area (Å²) in [6.45, 7) is 8.81. The Kier molecular flexibility index (Phi) is 3.25. The van der Waals surface area contributed by atoms with Gasteiger partial charge in [-0.3, -0.25) is 0 Å². The molecule has 2 unspecified atom stereocenters. The van der Waals surface area contributed by atoms with Gasteiger partial charge in [-0.1, -0.05) is 32.9 Å². The number of hydrogen-bond donors (Lipinski definition) is 1. The highest BCUT2D eigenvalue weighted by Gasteiger charge is 2.49. The van der Waals surface area contributed by atoms with Gasteiger partial charge in [-0.2, -0.15) is 4.98 Å². The van der Waals surface area contributed by atoms with Crippen LogP contribution in [0.1, 0.15) is 58.2 Å². The molecule has 1 fully saturated rings. The van der Waals surface area contributed by atoms with Crippen molar-refractivity contribution in [3.05, 3.63) is 11.7 Å². The lowest BCUT2D eigenvalue weighted by Gasteiger charge is -2.10. The molecule has 17 heavy (non-hydrogen) atoms. The van der Waals surface area contributed by atoms with Gasteiger partial charge < -0.3 is 10.3 Å². The van der Waals surface area contributed by atoms with Gasteiger partial charge in [-0.05, 0) is 24.2 Å². The molecule has 0 amide bonds. The van der Waals surface area contributed by atoms with E-state index in [-0.39, 0.29) is 6.04 Å². The van der Waals surface area contributed by atoms with Gasteiger partial charge in [0.2, 0.25) is 5.89 Å². The zero-order chi connectivity index (χ0) is 12.6. The van der Waals surface area contributed by atoms with E-state index in [1.54, 1.807) is 0 Å². The van der Waals surface area contributed by atoms with Crippen LogP contribution in [0.25, 0.3) is 0 Å². The highest BCUT2D eigenvalue weighted by molar-refractivity contribution is 5.14. The molecule has 1 heterocycles. The molecule has 0 aliphatic heterocycles. The second kappa shape index (κ2) is 4.41. The number of aromatic nitrogens is 2. The van der Waals surface area contributed by atoms with Crippen LogP contribution < -0.4 is 5.73 Å². The molecule has 1 aliphatic carbocycles. The third-order valence-corrected chi connectivity index (χ3v) is 3.52. The molecule has 1 aromatic heterocycles. The lowest BCUT2D eigenvalue weighted by atomic mass is 10.0. The average Bonchev–Trinajstić information content (AvgIpc) is 2.62. The van der Waals surface area contributed by atoms with Crippen LogP contribution in [0.2, 0.25) is 0 Å². The molecule has 0 saturated heterocycles. The number of rotatable bonds is 5. The number of nitrogens with zero attached hydrogens (tertiary/aromatic N) is 2. The fourth-order valence-corrected chi connectivity index (χ4v) is 2.31. The van der Waals surface area contributed by atoms with Gasteiger partial charge in [0, 0.05) is 18.4 Å². The van der Waals surface area contributed by atoms with Crippen molar-refractivity contribution in [2.75, 3.05) is 0 Å². The zero-order valence-corrected chi connectivity index (χ0v) is 11.2. The maximum atomic E-state index is 6.03. The predicted molar refractivity (Wildman–Crippen MR) is 66.6 cm³/mol. The van der Waals surface area contributed by atoms with Crippen molar-refractivity contribution in [2.24, 2.45) is 17.1 Å². The molecule has 0 bridgehead atoms. The van der Waals surface area contributed by atoms with E-state index in [1.807, 2.05) is 0 Å². The molecule has 4 heteroatoms. The van der Waals surface area contributed by atoms with Crippen LogP contribution in [-0.4, -0.2) is 16.2 Å². The smallest absolute Gasteiger partial charge is 0.228 e. The highest BCUT2D eigenvalue weighted by atomic mass is 16.5. The normalized spacial score (nSPS) is 24.0. The lowest BCUT2D eigenvalue weighted by molar-refractivity contribution is 0.354. The van der Waals surface area contributed by atoms with Gasteiger partial charge in [0.05, 0.1) is 0 Å². The Labute approximate surface area is 103 Å². The van der Waals surface area contributed by atoms with Gasteiger partial charge in [0.15, 0.2) is 5.82 Å². The molecule has 1 aliphatic rings. The largest absolute Gasteiger partial charge is 0.339 e. The molecule has 2 atom stereocenters. The van der Waals surface area contributed by atoms with Crippen molar-refractivity contribution in [1.29, 1.82) is 0 Å². The third-order valence-electron chi connectivity index (χ3n) is 3.52. The molecule has 0 aromatic carbocycles. The second-order valence-corrected chi connectivity index (χ2v) is 6.39. The van der Waals surface area contributed by atoms with E-state index in [0.717, 1.165) is 18.7 Å². The molecule has 0 spiro atoms. The summed E-state index contributed by atoms with van der Waals surface area (Å²) < 4.78 is 5.27. The van der Waals surface area contributed by atoms with Crippen LogP contribution in [0.4, 0.5) is 0 Å². The number of nitrogens with two attached hydrogens (primary N) is 1. The van der Waals surface area contributed by atoms with E-state index in [4.69, 9.17) is 10.3 Å². The molecule has 1 aromatic rings. The first-order valence-corrected chi connectivity index (χ1v) is 6.46. The second-order valence-electron chi connectivity index (χ2n) is 6.39. The van der Waals surface area contributed by atoms with Crippen molar-refractivity contribution >= 4 is 0 Å². The Hall–Kier alpha value is -0.900. The van der Waals surface area contributed by atoms with E-state index in [0.29, 0.717) is 29.6 Å². The Balaban J connectivity index is 1.91. The first kappa shape index (κ1) is 12.6. The van der Waals surface area contributed by atoms with Gasteiger partial charge in [-0.15, -0.1) is 0 Å². The standard InChI is InChI=1S/C13H23N3O/c1-8(2)5-9(14)6-11-15-12(16-17-11)10-7-13(10,3)4/h8-10H,5-7,14H2,1-4H3. The SMILES string of the molecule is CC(C)CC(N)Cc1nc(C2CC2(C)C)no1. The molecule has 2 rings (SSSR count). The Morgan fingerprint density at radius 3 is 2.65 bits per heavy atom. The zero-order valence-electron chi connectivity index (χ0n) is 11.2. The summed E-state index contributed by atoms with van der Waals surface area (Å²) in [5.74, 6) is 2.63. The quantitative estimate of drug-likeness (QED) is 0.854. The summed E-state index contributed by atoms with van der Waals surface area (Å²) in [4.78, 5) is 4.46. The average molecular weight is 237 g/mol. The molecule has 96 valence electrons. The van der Waals surface area contributed by atoms with Crippen molar-refractivity contribution in [3.63, 3.8) is 0 Å². The van der Waals surface area contributed by atoms with E-state index in [2.05, 4.69) is 37.8 Å². The molecule has 4 nitrogen and oxygen atoms in total. The first-order valence-electron chi connectivity index (χ1n) is 6.46. The van der Waals surface area contributed by atoms with Gasteiger partial charge in [0.25, 0.3) is 0 Å². The molecule has 1 saturated carbocycles. The summed E-state index contributed by atoms with van der Waals surface area (Å²) in [5.41, 5.74) is 6.38. The van der Waals surface area contributed by atoms with Crippen LogP contribution in [0.5, 0.6) is 0 Å². The van der Waals surface area contributed by atoms with Gasteiger partial charge >= 0.3 is 0 Å². The summed E-state index contributed by atoms with van der Waals surface area (Å²) in [5, 5.41) is 4.06. The van der Waals surface area contributed by atoms with Gasteiger partial charge in [0.1, 0.15) is 0 Å². The molecule has 0 radical (unpaired) electrons. The van der Waals surface area contributed by atoms with E-state index < -0.39 is 0 Å². The Bertz CT molecular complexity index is 384. The van der Waals surface area contributed by atoms with Crippen LogP contribution in [0.3, 0.4) is 0 Å². The van der Waals surface area contributed by atoms with Crippen molar-refractivity contribution < 1.29 is 4.52 Å². The Morgan fingerprint density at radius 2 is 2.12 bits per heavy atom. The van der Waals surface area contributed by atoms with Crippen molar-refractivity contribution in [1.82, 2.24) is 10.1 Å². The van der Waals surface area contributed by atoms with E-state index in [1.165, 1.54) is 0 Å². The van der Waals surface area contributed by atoms with Crippen LogP contribution in [-0.2, 0) is 6.42 Å². The molecular formula is C13H23N3O. The molecule has 2 N–H and O–H groups in total. The van der Waals surface area contributed by atoms with Crippen molar-refractivity contribution in [2.45, 2.75) is 58.9 Å².